The molecule has 0 aliphatic rings. The van der Waals surface area contributed by atoms with Gasteiger partial charge in [0.15, 0.2) is 0 Å². The number of nitrogens with zero attached hydrogens (tertiary/aromatic N) is 1. The maximum Gasteiger partial charge on any atom is 0.235 e. The second-order valence-corrected chi connectivity index (χ2v) is 4.33. The highest BCUT2D eigenvalue weighted by molar-refractivity contribution is 6.07. The van der Waals surface area contributed by atoms with Crippen LogP contribution in [0.4, 0.5) is 5.69 Å². The number of hydrogen-bond acceptors (Lipinski definition) is 3. The minimum Gasteiger partial charge on any atom is -0.297 e. The molecule has 0 atom stereocenters. The summed E-state index contributed by atoms with van der Waals surface area (Å²) >= 11 is 0. The molecule has 0 radical (unpaired) electrons. The van der Waals surface area contributed by atoms with E-state index in [2.05, 4.69) is 15.8 Å². The first kappa shape index (κ1) is 11.5. The molecule has 1 heterocycles. The van der Waals surface area contributed by atoms with Gasteiger partial charge in [-0.2, -0.15) is 0 Å². The zero-order valence-electron chi connectivity index (χ0n) is 10.5. The van der Waals surface area contributed by atoms with Crippen molar-refractivity contribution >= 4 is 33.4 Å². The molecule has 94 valence electrons. The van der Waals surface area contributed by atoms with Crippen LogP contribution in [0.25, 0.3) is 21.8 Å². The van der Waals surface area contributed by atoms with Gasteiger partial charge in [-0.25, -0.2) is 4.98 Å². The van der Waals surface area contributed by atoms with Crippen molar-refractivity contribution in [2.24, 2.45) is 0 Å². The first-order valence-electron chi connectivity index (χ1n) is 6.06. The minimum atomic E-state index is -0.134. The molecule has 0 bridgehead atoms. The van der Waals surface area contributed by atoms with E-state index in [0.717, 1.165) is 27.5 Å². The SMILES string of the molecule is CC(=O)NNc1c2ccccc2nc2ccccc12. The second kappa shape index (κ2) is 4.57. The van der Waals surface area contributed by atoms with Crippen molar-refractivity contribution in [1.29, 1.82) is 0 Å². The Morgan fingerprint density at radius 2 is 1.47 bits per heavy atom. The topological polar surface area (TPSA) is 54.0 Å². The Kier molecular flexibility index (Phi) is 2.76. The number of para-hydroxylation sites is 2. The zero-order valence-corrected chi connectivity index (χ0v) is 10.5. The summed E-state index contributed by atoms with van der Waals surface area (Å²) in [5.41, 5.74) is 8.29. The number of rotatable bonds is 2. The third-order valence-corrected chi connectivity index (χ3v) is 2.95. The highest BCUT2D eigenvalue weighted by atomic mass is 16.2. The van der Waals surface area contributed by atoms with Gasteiger partial charge in [-0.15, -0.1) is 0 Å². The van der Waals surface area contributed by atoms with E-state index in [1.54, 1.807) is 0 Å². The van der Waals surface area contributed by atoms with Crippen molar-refractivity contribution in [1.82, 2.24) is 10.4 Å². The summed E-state index contributed by atoms with van der Waals surface area (Å²) in [4.78, 5) is 15.7. The Morgan fingerprint density at radius 3 is 2.00 bits per heavy atom. The fourth-order valence-electron chi connectivity index (χ4n) is 2.13. The lowest BCUT2D eigenvalue weighted by Crippen LogP contribution is -2.26. The smallest absolute Gasteiger partial charge is 0.235 e. The molecule has 3 rings (SSSR count). The lowest BCUT2D eigenvalue weighted by Gasteiger charge is -2.12. The molecule has 1 aromatic heterocycles. The Bertz CT molecular complexity index is 714. The molecule has 2 aromatic carbocycles. The molecule has 3 aromatic rings. The first-order chi connectivity index (χ1) is 9.25. The van der Waals surface area contributed by atoms with Crippen LogP contribution in [-0.4, -0.2) is 10.9 Å². The minimum absolute atomic E-state index is 0.134. The lowest BCUT2D eigenvalue weighted by atomic mass is 10.1. The number of hydrogen-bond donors (Lipinski definition) is 2. The van der Waals surface area contributed by atoms with E-state index in [9.17, 15) is 4.79 Å². The fourth-order valence-corrected chi connectivity index (χ4v) is 2.13. The van der Waals surface area contributed by atoms with Gasteiger partial charge in [-0.1, -0.05) is 36.4 Å². The average molecular weight is 251 g/mol. The molecule has 1 amide bonds. The molecular weight excluding hydrogens is 238 g/mol. The zero-order chi connectivity index (χ0) is 13.2. The number of fused-ring (bicyclic) bond motifs is 2. The summed E-state index contributed by atoms with van der Waals surface area (Å²) < 4.78 is 0. The van der Waals surface area contributed by atoms with Crippen LogP contribution < -0.4 is 10.9 Å². The highest BCUT2D eigenvalue weighted by Gasteiger charge is 2.08. The molecule has 0 spiro atoms. The molecule has 4 heteroatoms. The van der Waals surface area contributed by atoms with E-state index in [4.69, 9.17) is 0 Å². The number of benzene rings is 2. The normalized spacial score (nSPS) is 10.6. The summed E-state index contributed by atoms with van der Waals surface area (Å²) in [6, 6.07) is 15.7. The predicted molar refractivity (Wildman–Crippen MR) is 76.7 cm³/mol. The first-order valence-corrected chi connectivity index (χ1v) is 6.06. The third-order valence-electron chi connectivity index (χ3n) is 2.95. The molecule has 0 aliphatic carbocycles. The highest BCUT2D eigenvalue weighted by Crippen LogP contribution is 2.29. The van der Waals surface area contributed by atoms with E-state index < -0.39 is 0 Å². The Labute approximate surface area is 110 Å². The molecule has 0 fully saturated rings. The van der Waals surface area contributed by atoms with Gasteiger partial charge in [-0.3, -0.25) is 15.6 Å². The van der Waals surface area contributed by atoms with Gasteiger partial charge in [0.05, 0.1) is 16.7 Å². The molecule has 0 saturated carbocycles. The fraction of sp³-hybridized carbons (Fsp3) is 0.0667. The largest absolute Gasteiger partial charge is 0.297 e. The van der Waals surface area contributed by atoms with E-state index in [-0.39, 0.29) is 5.91 Å². The van der Waals surface area contributed by atoms with Crippen LogP contribution in [0, 0.1) is 0 Å². The number of hydrazine groups is 1. The monoisotopic (exact) mass is 251 g/mol. The standard InChI is InChI=1S/C15H13N3O/c1-10(19)17-18-15-11-6-2-4-8-13(11)16-14-9-5-3-7-12(14)15/h2-9H,1H3,(H,16,18)(H,17,19). The van der Waals surface area contributed by atoms with Crippen molar-refractivity contribution in [2.45, 2.75) is 6.92 Å². The predicted octanol–water partition coefficient (Wildman–Crippen LogP) is 2.85. The van der Waals surface area contributed by atoms with Crippen molar-refractivity contribution < 1.29 is 4.79 Å². The lowest BCUT2D eigenvalue weighted by molar-refractivity contribution is -0.118. The van der Waals surface area contributed by atoms with Gasteiger partial charge in [0.1, 0.15) is 0 Å². The summed E-state index contributed by atoms with van der Waals surface area (Å²) in [7, 11) is 0. The van der Waals surface area contributed by atoms with Crippen LogP contribution in [0.3, 0.4) is 0 Å². The molecule has 4 nitrogen and oxygen atoms in total. The van der Waals surface area contributed by atoms with Crippen LogP contribution in [0.2, 0.25) is 0 Å². The molecule has 0 aliphatic heterocycles. The van der Waals surface area contributed by atoms with Gasteiger partial charge in [0.2, 0.25) is 5.91 Å². The van der Waals surface area contributed by atoms with Crippen molar-refractivity contribution in [3.63, 3.8) is 0 Å². The summed E-state index contributed by atoms with van der Waals surface area (Å²) in [5, 5.41) is 1.96. The van der Waals surface area contributed by atoms with Gasteiger partial charge >= 0.3 is 0 Å². The van der Waals surface area contributed by atoms with Crippen LogP contribution in [0.15, 0.2) is 48.5 Å². The van der Waals surface area contributed by atoms with Crippen LogP contribution in [0.5, 0.6) is 0 Å². The van der Waals surface area contributed by atoms with E-state index >= 15 is 0 Å². The number of carbonyl (C=O) groups excluding carboxylic acids is 1. The van der Waals surface area contributed by atoms with Crippen molar-refractivity contribution in [2.75, 3.05) is 5.43 Å². The van der Waals surface area contributed by atoms with Gasteiger partial charge < -0.3 is 0 Å². The average Bonchev–Trinajstić information content (AvgIpc) is 2.43. The maximum atomic E-state index is 11.1. The Hall–Kier alpha value is -2.62. The molecular formula is C15H13N3O. The van der Waals surface area contributed by atoms with Crippen LogP contribution in [-0.2, 0) is 4.79 Å². The third kappa shape index (κ3) is 2.08. The summed E-state index contributed by atoms with van der Waals surface area (Å²) in [6.45, 7) is 1.47. The molecule has 2 N–H and O–H groups in total. The Balaban J connectivity index is 2.29. The van der Waals surface area contributed by atoms with Crippen LogP contribution in [0.1, 0.15) is 6.92 Å². The van der Waals surface area contributed by atoms with E-state index in [0.29, 0.717) is 0 Å². The van der Waals surface area contributed by atoms with E-state index in [1.165, 1.54) is 6.92 Å². The quantitative estimate of drug-likeness (QED) is 0.544. The number of pyridine rings is 1. The Morgan fingerprint density at radius 1 is 0.947 bits per heavy atom. The number of aromatic nitrogens is 1. The van der Waals surface area contributed by atoms with Gasteiger partial charge in [0, 0.05) is 17.7 Å². The maximum absolute atomic E-state index is 11.1. The van der Waals surface area contributed by atoms with Crippen LogP contribution >= 0.6 is 0 Å². The number of carbonyl (C=O) groups is 1. The van der Waals surface area contributed by atoms with Crippen molar-refractivity contribution in [3.05, 3.63) is 48.5 Å². The number of anilines is 1. The summed E-state index contributed by atoms with van der Waals surface area (Å²) in [6.07, 6.45) is 0. The van der Waals surface area contributed by atoms with Gasteiger partial charge in [0.25, 0.3) is 0 Å². The van der Waals surface area contributed by atoms with Crippen molar-refractivity contribution in [3.8, 4) is 0 Å². The number of amides is 1. The van der Waals surface area contributed by atoms with E-state index in [1.807, 2.05) is 48.5 Å². The van der Waals surface area contributed by atoms with Gasteiger partial charge in [-0.05, 0) is 12.1 Å². The second-order valence-electron chi connectivity index (χ2n) is 4.33. The molecule has 19 heavy (non-hydrogen) atoms. The number of nitrogens with one attached hydrogen (secondary N) is 2. The summed E-state index contributed by atoms with van der Waals surface area (Å²) in [5.74, 6) is -0.134. The molecule has 0 unspecified atom stereocenters. The molecule has 0 saturated heterocycles.